The van der Waals surface area contributed by atoms with Crippen molar-refractivity contribution in [3.63, 3.8) is 0 Å². The van der Waals surface area contributed by atoms with Crippen molar-refractivity contribution < 1.29 is 71.9 Å². The average molecular weight is 736 g/mol. The fourth-order valence-corrected chi connectivity index (χ4v) is 3.97. The molecule has 0 radical (unpaired) electrons. The molecule has 0 saturated carbocycles. The molecular weight excluding hydrogens is 699 g/mol. The zero-order chi connectivity index (χ0) is 33.0. The molecule has 14 heteroatoms. The van der Waals surface area contributed by atoms with Crippen LogP contribution in [0.5, 0.6) is 0 Å². The van der Waals surface area contributed by atoms with Gasteiger partial charge in [-0.05, 0) is 43.7 Å². The van der Waals surface area contributed by atoms with Gasteiger partial charge in [-0.25, -0.2) is 0 Å². The van der Waals surface area contributed by atoms with Gasteiger partial charge in [0.05, 0.1) is 26.4 Å². The van der Waals surface area contributed by atoms with E-state index in [4.69, 9.17) is 18.9 Å². The summed E-state index contributed by atoms with van der Waals surface area (Å²) >= 11 is 0. The van der Waals surface area contributed by atoms with Crippen LogP contribution in [0, 0.1) is 6.07 Å². The van der Waals surface area contributed by atoms with Crippen LogP contribution >= 0.6 is 0 Å². The maximum absolute atomic E-state index is 12.5. The summed E-state index contributed by atoms with van der Waals surface area (Å²) in [7, 11) is 0. The summed E-state index contributed by atoms with van der Waals surface area (Å²) in [6, 6.07) is 17.7. The Morgan fingerprint density at radius 2 is 1.33 bits per heavy atom. The third kappa shape index (κ3) is 15.9. The number of ether oxygens (including phenoxy) is 4. The minimum Gasteiger partial charge on any atom is -1.00 e. The molecule has 2 aromatic rings. The van der Waals surface area contributed by atoms with Crippen LogP contribution in [0.25, 0.3) is 0 Å². The maximum atomic E-state index is 12.5. The molecule has 2 aliphatic rings. The number of carbonyl (C=O) groups is 2. The van der Waals surface area contributed by atoms with Crippen LogP contribution in [-0.2, 0) is 34.0 Å². The van der Waals surface area contributed by atoms with Crippen molar-refractivity contribution in [3.05, 3.63) is 82.9 Å². The fourth-order valence-electron chi connectivity index (χ4n) is 3.97. The standard InChI is InChI=1S/C16H19F3O3.C10H11O2.C6H7F3O.BrH.Mg/c1-15(2,10-13(20)16(17,18)19)12-6-3-5-11(9-12)14-21-7-4-8-22-14;1-2-5-9(6-3-1)10-11-7-4-8-12-10;1-4(2)3-5(10)6(7,8)9;;/h3,5-6,9,14H,4,7-8,10H2,1-2H3;1-2,5-6,10H,4,7-8H2;3H,1-2H3;1H;/q;-1;;;+2/p-1. The van der Waals surface area contributed by atoms with E-state index in [0.29, 0.717) is 30.4 Å². The average Bonchev–Trinajstić information content (AvgIpc) is 2.98. The van der Waals surface area contributed by atoms with Crippen LogP contribution in [0.2, 0.25) is 0 Å². The van der Waals surface area contributed by atoms with Gasteiger partial charge in [0.1, 0.15) is 6.29 Å². The van der Waals surface area contributed by atoms with Gasteiger partial charge >= 0.3 is 35.4 Å². The van der Waals surface area contributed by atoms with Gasteiger partial charge in [-0.2, -0.15) is 56.7 Å². The molecule has 252 valence electrons. The summed E-state index contributed by atoms with van der Waals surface area (Å²) in [6.07, 6.45) is -8.40. The molecule has 0 unspecified atom stereocenters. The summed E-state index contributed by atoms with van der Waals surface area (Å²) in [5.41, 5.74) is 1.89. The first-order valence-electron chi connectivity index (χ1n) is 13.9. The number of benzene rings is 2. The number of halogens is 7. The molecule has 2 heterocycles. The predicted molar refractivity (Wildman–Crippen MR) is 155 cm³/mol. The molecule has 0 atom stereocenters. The molecule has 0 bridgehead atoms. The molecule has 0 aliphatic carbocycles. The van der Waals surface area contributed by atoms with Crippen molar-refractivity contribution in [1.82, 2.24) is 0 Å². The van der Waals surface area contributed by atoms with Crippen LogP contribution in [0.3, 0.4) is 0 Å². The number of alkyl halides is 6. The Morgan fingerprint density at radius 3 is 1.74 bits per heavy atom. The molecule has 2 saturated heterocycles. The molecule has 4 rings (SSSR count). The Labute approximate surface area is 292 Å². The topological polar surface area (TPSA) is 71.1 Å². The van der Waals surface area contributed by atoms with E-state index in [1.165, 1.54) is 13.8 Å². The molecule has 2 aromatic carbocycles. The summed E-state index contributed by atoms with van der Waals surface area (Å²) < 4.78 is 93.5. The van der Waals surface area contributed by atoms with Crippen molar-refractivity contribution >= 4 is 34.6 Å². The minimum atomic E-state index is -4.80. The molecule has 2 fully saturated rings. The molecule has 0 amide bonds. The SMILES string of the molecule is CC(C)(CC(=O)C(F)(F)F)c1cccc(C2OCCCO2)c1.CC(C)=CC(=O)C(F)(F)F.[Br-].[Mg+2].[c-]1cccc(C2OCCCO2)c1. The van der Waals surface area contributed by atoms with Crippen molar-refractivity contribution in [2.75, 3.05) is 26.4 Å². The van der Waals surface area contributed by atoms with E-state index in [2.05, 4.69) is 6.07 Å². The van der Waals surface area contributed by atoms with Gasteiger partial charge in [-0.15, -0.1) is 5.56 Å². The van der Waals surface area contributed by atoms with E-state index in [0.717, 1.165) is 37.2 Å². The van der Waals surface area contributed by atoms with Crippen molar-refractivity contribution in [2.24, 2.45) is 0 Å². The first-order chi connectivity index (χ1) is 20.5. The van der Waals surface area contributed by atoms with E-state index in [-0.39, 0.29) is 46.3 Å². The summed E-state index contributed by atoms with van der Waals surface area (Å²) in [6.45, 7) is 8.87. The number of carbonyl (C=O) groups excluding carboxylic acids is 2. The first-order valence-corrected chi connectivity index (χ1v) is 13.9. The van der Waals surface area contributed by atoms with Crippen molar-refractivity contribution in [1.29, 1.82) is 0 Å². The van der Waals surface area contributed by atoms with Crippen LogP contribution in [0.1, 0.15) is 76.2 Å². The number of hydrogen-bond donors (Lipinski definition) is 0. The van der Waals surface area contributed by atoms with E-state index >= 15 is 0 Å². The summed E-state index contributed by atoms with van der Waals surface area (Å²) in [5.74, 6) is -3.51. The second-order valence-electron chi connectivity index (χ2n) is 10.9. The quantitative estimate of drug-likeness (QED) is 0.188. The second-order valence-corrected chi connectivity index (χ2v) is 10.9. The van der Waals surface area contributed by atoms with E-state index in [1.54, 1.807) is 38.1 Å². The van der Waals surface area contributed by atoms with Crippen LogP contribution in [0.15, 0.2) is 60.2 Å². The van der Waals surface area contributed by atoms with E-state index < -0.39 is 42.0 Å². The van der Waals surface area contributed by atoms with Gasteiger partial charge in [0.25, 0.3) is 5.78 Å². The predicted octanol–water partition coefficient (Wildman–Crippen LogP) is 4.55. The number of rotatable bonds is 6. The van der Waals surface area contributed by atoms with E-state index in [1.807, 2.05) is 24.3 Å². The third-order valence-electron chi connectivity index (χ3n) is 6.22. The van der Waals surface area contributed by atoms with Crippen LogP contribution < -0.4 is 17.0 Å². The molecule has 6 nitrogen and oxygen atoms in total. The van der Waals surface area contributed by atoms with Crippen LogP contribution in [-0.4, -0.2) is 73.4 Å². The van der Waals surface area contributed by atoms with Gasteiger partial charge in [-0.1, -0.05) is 43.7 Å². The molecular formula is C32H37BrF6MgO6. The normalized spacial score (nSPS) is 15.8. The Morgan fingerprint density at radius 1 is 0.826 bits per heavy atom. The molecule has 2 aliphatic heterocycles. The van der Waals surface area contributed by atoms with Crippen LogP contribution in [0.4, 0.5) is 26.3 Å². The largest absolute Gasteiger partial charge is 2.00 e. The zero-order valence-corrected chi connectivity index (χ0v) is 29.1. The summed E-state index contributed by atoms with van der Waals surface area (Å²) in [4.78, 5) is 21.3. The number of Topliss-reactive ketones (excluding diaryl/α,β-unsaturated/α-hetero) is 1. The van der Waals surface area contributed by atoms with Crippen molar-refractivity contribution in [3.8, 4) is 0 Å². The smallest absolute Gasteiger partial charge is 1.00 e. The Hall–Kier alpha value is -1.81. The van der Waals surface area contributed by atoms with Gasteiger partial charge in [0.15, 0.2) is 6.29 Å². The number of ketones is 2. The van der Waals surface area contributed by atoms with Crippen molar-refractivity contribution in [2.45, 2.75) is 77.3 Å². The maximum Gasteiger partial charge on any atom is 2.00 e. The first kappa shape index (κ1) is 44.2. The monoisotopic (exact) mass is 734 g/mol. The third-order valence-corrected chi connectivity index (χ3v) is 6.22. The number of allylic oxidation sites excluding steroid dienone is 2. The van der Waals surface area contributed by atoms with Gasteiger partial charge in [0.2, 0.25) is 5.78 Å². The fraction of sp³-hybridized carbons (Fsp3) is 0.500. The minimum absolute atomic E-state index is 0. The Balaban J connectivity index is 0.000000716. The Bertz CT molecular complexity index is 1220. The second kappa shape index (κ2) is 20.5. The zero-order valence-electron chi connectivity index (χ0n) is 26.1. The van der Waals surface area contributed by atoms with Gasteiger partial charge in [-0.3, -0.25) is 9.59 Å². The molecule has 0 spiro atoms. The van der Waals surface area contributed by atoms with E-state index in [9.17, 15) is 35.9 Å². The molecule has 0 aromatic heterocycles. The van der Waals surface area contributed by atoms with Gasteiger partial charge in [0, 0.05) is 12.0 Å². The number of hydrogen-bond acceptors (Lipinski definition) is 6. The summed E-state index contributed by atoms with van der Waals surface area (Å²) in [5, 5.41) is 0. The molecule has 46 heavy (non-hydrogen) atoms. The molecule has 0 N–H and O–H groups in total. The van der Waals surface area contributed by atoms with Gasteiger partial charge < -0.3 is 35.9 Å². The Kier molecular flexibility index (Phi) is 19.7.